The molecule has 0 spiro atoms. The molecular weight excluding hydrogens is 347 g/mol. The largest absolute Gasteiger partial charge is 0.416 e. The summed E-state index contributed by atoms with van der Waals surface area (Å²) < 4.78 is 64.2. The second kappa shape index (κ2) is 6.48. The van der Waals surface area contributed by atoms with E-state index in [9.17, 15) is 26.4 Å². The summed E-state index contributed by atoms with van der Waals surface area (Å²) in [4.78, 5) is 14.3. The average Bonchev–Trinajstić information content (AvgIpc) is 2.46. The first-order chi connectivity index (χ1) is 11.1. The molecule has 0 aliphatic heterocycles. The molecule has 128 valence electrons. The number of carbonyl (C=O) groups is 1. The Morgan fingerprint density at radius 2 is 1.92 bits per heavy atom. The van der Waals surface area contributed by atoms with Crippen LogP contribution in [0.3, 0.4) is 0 Å². The van der Waals surface area contributed by atoms with Gasteiger partial charge in [-0.2, -0.15) is 13.2 Å². The summed E-state index contributed by atoms with van der Waals surface area (Å²) in [6.45, 7) is 1.02. The predicted octanol–water partition coefficient (Wildman–Crippen LogP) is 2.67. The zero-order valence-corrected chi connectivity index (χ0v) is 13.1. The molecule has 1 heterocycles. The molecule has 0 atom stereocenters. The highest BCUT2D eigenvalue weighted by atomic mass is 32.2. The van der Waals surface area contributed by atoms with Crippen molar-refractivity contribution in [3.8, 4) is 0 Å². The molecule has 0 saturated carbocycles. The van der Waals surface area contributed by atoms with Crippen LogP contribution in [0, 0.1) is 0 Å². The van der Waals surface area contributed by atoms with Crippen LogP contribution in [0.25, 0.3) is 0 Å². The number of anilines is 2. The lowest BCUT2D eigenvalue weighted by Gasteiger charge is -2.13. The van der Waals surface area contributed by atoms with Gasteiger partial charge in [-0.25, -0.2) is 13.1 Å². The third-order valence-corrected chi connectivity index (χ3v) is 4.28. The van der Waals surface area contributed by atoms with Gasteiger partial charge in [0.05, 0.1) is 11.3 Å². The zero-order chi connectivity index (χ0) is 18.0. The van der Waals surface area contributed by atoms with Crippen molar-refractivity contribution in [2.75, 3.05) is 5.32 Å². The molecule has 0 fully saturated rings. The summed E-state index contributed by atoms with van der Waals surface area (Å²) in [6.07, 6.45) is -2.27. The highest BCUT2D eigenvalue weighted by Crippen LogP contribution is 2.32. The van der Waals surface area contributed by atoms with Gasteiger partial charge >= 0.3 is 6.18 Å². The first kappa shape index (κ1) is 17.7. The molecule has 2 aromatic rings. The number of hydrogen-bond acceptors (Lipinski definition) is 5. The van der Waals surface area contributed by atoms with Crippen LogP contribution >= 0.6 is 0 Å². The zero-order valence-electron chi connectivity index (χ0n) is 12.3. The van der Waals surface area contributed by atoms with Gasteiger partial charge in [-0.05, 0) is 24.3 Å². The molecule has 1 aromatic carbocycles. The summed E-state index contributed by atoms with van der Waals surface area (Å²) in [6, 6.07) is 5.55. The molecule has 0 bridgehead atoms. The van der Waals surface area contributed by atoms with Crippen LogP contribution in [0.2, 0.25) is 0 Å². The van der Waals surface area contributed by atoms with E-state index in [-0.39, 0.29) is 16.3 Å². The van der Waals surface area contributed by atoms with Crippen LogP contribution in [-0.2, 0) is 21.0 Å². The first-order valence-electron chi connectivity index (χ1n) is 6.51. The first-order valence-corrected chi connectivity index (χ1v) is 7.99. The smallest absolute Gasteiger partial charge is 0.354 e. The lowest BCUT2D eigenvalue weighted by Crippen LogP contribution is -2.28. The Kier molecular flexibility index (Phi) is 4.78. The monoisotopic (exact) mass is 359 g/mol. The number of rotatable bonds is 4. The normalized spacial score (nSPS) is 11.8. The molecule has 24 heavy (non-hydrogen) atoms. The Morgan fingerprint density at radius 3 is 2.54 bits per heavy atom. The number of halogens is 3. The highest BCUT2D eigenvalue weighted by molar-refractivity contribution is 7.90. The summed E-state index contributed by atoms with van der Waals surface area (Å²) in [5, 5.41) is 2.59. The van der Waals surface area contributed by atoms with E-state index < -0.39 is 27.7 Å². The molecule has 1 amide bonds. The Labute approximate surface area is 135 Å². The maximum Gasteiger partial charge on any atom is 0.416 e. The fourth-order valence-corrected chi connectivity index (χ4v) is 2.97. The topological polar surface area (TPSA) is 88.2 Å². The van der Waals surface area contributed by atoms with E-state index in [2.05, 4.69) is 10.3 Å². The standard InChI is InChI=1S/C14H12F3N3O3S/c1-9(21)20-24(22,23)13-8-18-6-5-12(13)19-11-4-2-3-10(7-11)14(15,16)17/h2-8H,1H3,(H,18,19)(H,20,21). The Bertz CT molecular complexity index is 867. The Balaban J connectivity index is 2.40. The van der Waals surface area contributed by atoms with Crippen LogP contribution in [-0.4, -0.2) is 19.3 Å². The number of pyridine rings is 1. The van der Waals surface area contributed by atoms with Gasteiger partial charge in [0, 0.05) is 25.0 Å². The predicted molar refractivity (Wildman–Crippen MR) is 80.0 cm³/mol. The van der Waals surface area contributed by atoms with Gasteiger partial charge in [0.15, 0.2) is 0 Å². The Hall–Kier alpha value is -2.62. The lowest BCUT2D eigenvalue weighted by atomic mass is 10.2. The van der Waals surface area contributed by atoms with E-state index in [4.69, 9.17) is 0 Å². The van der Waals surface area contributed by atoms with E-state index >= 15 is 0 Å². The SMILES string of the molecule is CC(=O)NS(=O)(=O)c1cnccc1Nc1cccc(C(F)(F)F)c1. The van der Waals surface area contributed by atoms with Crippen molar-refractivity contribution >= 4 is 27.3 Å². The van der Waals surface area contributed by atoms with Crippen molar-refractivity contribution < 1.29 is 26.4 Å². The molecule has 2 N–H and O–H groups in total. The molecule has 0 aliphatic rings. The lowest BCUT2D eigenvalue weighted by molar-refractivity contribution is -0.137. The molecule has 0 unspecified atom stereocenters. The van der Waals surface area contributed by atoms with Gasteiger partial charge in [-0.3, -0.25) is 9.78 Å². The summed E-state index contributed by atoms with van der Waals surface area (Å²) in [5.74, 6) is -0.802. The molecule has 0 saturated heterocycles. The van der Waals surface area contributed by atoms with Gasteiger partial charge in [-0.1, -0.05) is 6.07 Å². The van der Waals surface area contributed by atoms with Crippen molar-refractivity contribution in [1.82, 2.24) is 9.71 Å². The van der Waals surface area contributed by atoms with E-state index in [1.807, 2.05) is 0 Å². The number of nitrogens with one attached hydrogen (secondary N) is 2. The number of aromatic nitrogens is 1. The maximum atomic E-state index is 12.7. The van der Waals surface area contributed by atoms with E-state index in [1.165, 1.54) is 24.4 Å². The van der Waals surface area contributed by atoms with Crippen molar-refractivity contribution in [3.63, 3.8) is 0 Å². The van der Waals surface area contributed by atoms with Gasteiger partial charge in [0.1, 0.15) is 4.90 Å². The minimum atomic E-state index is -4.53. The van der Waals surface area contributed by atoms with Crippen LogP contribution in [0.5, 0.6) is 0 Å². The number of amides is 1. The van der Waals surface area contributed by atoms with Crippen LogP contribution in [0.1, 0.15) is 12.5 Å². The van der Waals surface area contributed by atoms with Gasteiger partial charge < -0.3 is 5.32 Å². The van der Waals surface area contributed by atoms with E-state index in [0.717, 1.165) is 25.3 Å². The van der Waals surface area contributed by atoms with Crippen molar-refractivity contribution in [2.45, 2.75) is 18.0 Å². The molecule has 2 rings (SSSR count). The maximum absolute atomic E-state index is 12.7. The number of benzene rings is 1. The fraction of sp³-hybridized carbons (Fsp3) is 0.143. The minimum Gasteiger partial charge on any atom is -0.354 e. The van der Waals surface area contributed by atoms with Gasteiger partial charge in [0.25, 0.3) is 10.0 Å². The van der Waals surface area contributed by atoms with Crippen molar-refractivity contribution in [3.05, 3.63) is 48.3 Å². The van der Waals surface area contributed by atoms with Gasteiger partial charge in [0.2, 0.25) is 5.91 Å². The molecule has 6 nitrogen and oxygen atoms in total. The van der Waals surface area contributed by atoms with Gasteiger partial charge in [-0.15, -0.1) is 0 Å². The molecule has 1 aromatic heterocycles. The number of sulfonamides is 1. The second-order valence-corrected chi connectivity index (χ2v) is 6.39. The van der Waals surface area contributed by atoms with Crippen molar-refractivity contribution in [1.29, 1.82) is 0 Å². The minimum absolute atomic E-state index is 0.0157. The van der Waals surface area contributed by atoms with E-state index in [0.29, 0.717) is 0 Å². The molecule has 0 aliphatic carbocycles. The van der Waals surface area contributed by atoms with Crippen molar-refractivity contribution in [2.24, 2.45) is 0 Å². The number of carbonyl (C=O) groups excluding carboxylic acids is 1. The average molecular weight is 359 g/mol. The third kappa shape index (κ3) is 4.22. The number of alkyl halides is 3. The Morgan fingerprint density at radius 1 is 1.21 bits per heavy atom. The van der Waals surface area contributed by atoms with E-state index in [1.54, 1.807) is 4.72 Å². The fourth-order valence-electron chi connectivity index (χ4n) is 1.87. The van der Waals surface area contributed by atoms with Crippen LogP contribution in [0.15, 0.2) is 47.6 Å². The quantitative estimate of drug-likeness (QED) is 0.876. The highest BCUT2D eigenvalue weighted by Gasteiger charge is 2.30. The molecule has 10 heteroatoms. The van der Waals surface area contributed by atoms with Crippen LogP contribution < -0.4 is 10.0 Å². The summed E-state index contributed by atoms with van der Waals surface area (Å²) in [5.41, 5.74) is -0.860. The second-order valence-electron chi connectivity index (χ2n) is 4.74. The number of nitrogens with zero attached hydrogens (tertiary/aromatic N) is 1. The van der Waals surface area contributed by atoms with Crippen LogP contribution in [0.4, 0.5) is 24.5 Å². The summed E-state index contributed by atoms with van der Waals surface area (Å²) >= 11 is 0. The number of hydrogen-bond donors (Lipinski definition) is 2. The summed E-state index contributed by atoms with van der Waals surface area (Å²) in [7, 11) is -4.20. The third-order valence-electron chi connectivity index (χ3n) is 2.82. The molecular formula is C14H12F3N3O3S. The molecule has 0 radical (unpaired) electrons.